The first-order valence-corrected chi connectivity index (χ1v) is 13.7. The smallest absolute Gasteiger partial charge is 0.225 e. The van der Waals surface area contributed by atoms with E-state index < -0.39 is 0 Å². The lowest BCUT2D eigenvalue weighted by Gasteiger charge is -2.37. The van der Waals surface area contributed by atoms with E-state index >= 15 is 0 Å². The first kappa shape index (κ1) is 25.9. The molecule has 1 heterocycles. The summed E-state index contributed by atoms with van der Waals surface area (Å²) < 4.78 is 15.4. The SMILES string of the molecule is CC12Cc3cnn(-c4ccc(F)cc4)c3C=C1CCC2CC(NC(=O)Cc1cc(O)ccc1O)c1ccccc1. The molecule has 3 N–H and O–H groups in total. The van der Waals surface area contributed by atoms with Crippen molar-refractivity contribution in [1.29, 1.82) is 0 Å². The summed E-state index contributed by atoms with van der Waals surface area (Å²) in [6.45, 7) is 2.32. The maximum absolute atomic E-state index is 13.5. The third-order valence-electron chi connectivity index (χ3n) is 8.69. The molecule has 4 aromatic rings. The zero-order valence-electron chi connectivity index (χ0n) is 22.3. The average Bonchev–Trinajstić information content (AvgIpc) is 3.49. The molecule has 0 aliphatic heterocycles. The summed E-state index contributed by atoms with van der Waals surface area (Å²) in [5.74, 6) is -0.145. The van der Waals surface area contributed by atoms with Crippen LogP contribution in [0, 0.1) is 17.2 Å². The molecule has 6 nitrogen and oxygen atoms in total. The van der Waals surface area contributed by atoms with Crippen molar-refractivity contribution in [1.82, 2.24) is 15.1 Å². The number of phenols is 2. The highest BCUT2D eigenvalue weighted by Crippen LogP contribution is 2.55. The van der Waals surface area contributed by atoms with Gasteiger partial charge in [-0.1, -0.05) is 42.8 Å². The van der Waals surface area contributed by atoms with Crippen LogP contribution in [0.3, 0.4) is 0 Å². The Balaban J connectivity index is 1.24. The topological polar surface area (TPSA) is 87.4 Å². The quantitative estimate of drug-likeness (QED) is 0.243. The molecule has 1 fully saturated rings. The first-order chi connectivity index (χ1) is 19.3. The first-order valence-electron chi connectivity index (χ1n) is 13.7. The molecule has 3 unspecified atom stereocenters. The number of fused-ring (bicyclic) bond motifs is 2. The number of benzene rings is 3. The average molecular weight is 538 g/mol. The molecule has 1 aromatic heterocycles. The van der Waals surface area contributed by atoms with Crippen molar-refractivity contribution < 1.29 is 19.4 Å². The van der Waals surface area contributed by atoms with Crippen molar-refractivity contribution in [3.05, 3.63) is 113 Å². The van der Waals surface area contributed by atoms with Crippen molar-refractivity contribution in [2.45, 2.75) is 45.1 Å². The van der Waals surface area contributed by atoms with Gasteiger partial charge >= 0.3 is 0 Å². The van der Waals surface area contributed by atoms with Crippen LogP contribution in [0.2, 0.25) is 0 Å². The second kappa shape index (κ2) is 10.3. The van der Waals surface area contributed by atoms with Gasteiger partial charge in [-0.25, -0.2) is 9.07 Å². The number of phenolic OH excluding ortho intramolecular Hbond substituents is 2. The van der Waals surface area contributed by atoms with Crippen LogP contribution in [-0.2, 0) is 17.6 Å². The number of rotatable bonds is 7. The molecule has 2 aliphatic rings. The van der Waals surface area contributed by atoms with E-state index in [2.05, 4.69) is 23.4 Å². The number of carbonyl (C=O) groups is 1. The Morgan fingerprint density at radius 3 is 2.67 bits per heavy atom. The van der Waals surface area contributed by atoms with Crippen LogP contribution in [0.5, 0.6) is 11.5 Å². The molecular formula is C33H32FN3O3. The number of aromatic hydroxyl groups is 2. The van der Waals surface area contributed by atoms with Crippen LogP contribution in [0.4, 0.5) is 4.39 Å². The van der Waals surface area contributed by atoms with Gasteiger partial charge in [0.25, 0.3) is 0 Å². The van der Waals surface area contributed by atoms with Crippen molar-refractivity contribution in [3.63, 3.8) is 0 Å². The van der Waals surface area contributed by atoms with Gasteiger partial charge in [0.15, 0.2) is 0 Å². The number of nitrogens with zero attached hydrogens (tertiary/aromatic N) is 2. The van der Waals surface area contributed by atoms with E-state index in [0.29, 0.717) is 11.5 Å². The molecule has 3 atom stereocenters. The summed E-state index contributed by atoms with van der Waals surface area (Å²) in [7, 11) is 0. The maximum Gasteiger partial charge on any atom is 0.225 e. The molecule has 6 rings (SSSR count). The number of hydrogen-bond donors (Lipinski definition) is 3. The molecule has 0 radical (unpaired) electrons. The Hall–Kier alpha value is -4.39. The van der Waals surface area contributed by atoms with Crippen LogP contribution in [0.25, 0.3) is 11.8 Å². The molecule has 0 saturated heterocycles. The van der Waals surface area contributed by atoms with Crippen molar-refractivity contribution >= 4 is 12.0 Å². The van der Waals surface area contributed by atoms with Gasteiger partial charge in [-0.15, -0.1) is 0 Å². The van der Waals surface area contributed by atoms with Gasteiger partial charge in [0, 0.05) is 5.56 Å². The number of nitrogens with one attached hydrogen (secondary N) is 1. The number of halogens is 1. The Labute approximate surface area is 232 Å². The minimum atomic E-state index is -0.270. The van der Waals surface area contributed by atoms with Crippen LogP contribution in [-0.4, -0.2) is 25.9 Å². The summed E-state index contributed by atoms with van der Waals surface area (Å²) in [5, 5.41) is 27.8. The van der Waals surface area contributed by atoms with Crippen molar-refractivity contribution in [2.24, 2.45) is 11.3 Å². The van der Waals surface area contributed by atoms with E-state index in [9.17, 15) is 19.4 Å². The van der Waals surface area contributed by atoms with E-state index in [1.54, 1.807) is 12.1 Å². The summed E-state index contributed by atoms with van der Waals surface area (Å²) in [5.41, 5.74) is 5.81. The van der Waals surface area contributed by atoms with Gasteiger partial charge in [0.05, 0.1) is 30.0 Å². The van der Waals surface area contributed by atoms with E-state index in [4.69, 9.17) is 0 Å². The van der Waals surface area contributed by atoms with Crippen LogP contribution in [0.1, 0.15) is 54.6 Å². The van der Waals surface area contributed by atoms with E-state index in [0.717, 1.165) is 42.6 Å². The van der Waals surface area contributed by atoms with Gasteiger partial charge in [-0.2, -0.15) is 5.10 Å². The fraction of sp³-hybridized carbons (Fsp3) is 0.273. The highest BCUT2D eigenvalue weighted by atomic mass is 19.1. The van der Waals surface area contributed by atoms with Gasteiger partial charge < -0.3 is 15.5 Å². The molecule has 40 heavy (non-hydrogen) atoms. The molecule has 1 saturated carbocycles. The predicted octanol–water partition coefficient (Wildman–Crippen LogP) is 6.27. The zero-order valence-corrected chi connectivity index (χ0v) is 22.3. The van der Waals surface area contributed by atoms with Crippen LogP contribution >= 0.6 is 0 Å². The van der Waals surface area contributed by atoms with Gasteiger partial charge in [0.1, 0.15) is 17.3 Å². The van der Waals surface area contributed by atoms with Crippen molar-refractivity contribution in [3.8, 4) is 17.2 Å². The van der Waals surface area contributed by atoms with Crippen LogP contribution in [0.15, 0.2) is 84.6 Å². The third kappa shape index (κ3) is 4.88. The number of amides is 1. The summed E-state index contributed by atoms with van der Waals surface area (Å²) in [6, 6.07) is 20.4. The molecular weight excluding hydrogens is 505 g/mol. The highest BCUT2D eigenvalue weighted by molar-refractivity contribution is 5.80. The minimum Gasteiger partial charge on any atom is -0.508 e. The molecule has 7 heteroatoms. The zero-order chi connectivity index (χ0) is 27.9. The number of allylic oxidation sites excluding steroid dienone is 1. The molecule has 3 aromatic carbocycles. The molecule has 0 bridgehead atoms. The number of hydrogen-bond acceptors (Lipinski definition) is 4. The monoisotopic (exact) mass is 537 g/mol. The Morgan fingerprint density at radius 1 is 1.12 bits per heavy atom. The summed E-state index contributed by atoms with van der Waals surface area (Å²) >= 11 is 0. The van der Waals surface area contributed by atoms with E-state index in [1.165, 1.54) is 41.5 Å². The largest absolute Gasteiger partial charge is 0.508 e. The Morgan fingerprint density at radius 2 is 1.90 bits per heavy atom. The van der Waals surface area contributed by atoms with Gasteiger partial charge in [-0.05, 0) is 96.7 Å². The fourth-order valence-electron chi connectivity index (χ4n) is 6.48. The van der Waals surface area contributed by atoms with E-state index in [1.807, 2.05) is 41.2 Å². The molecule has 2 aliphatic carbocycles. The summed E-state index contributed by atoms with van der Waals surface area (Å²) in [6.07, 6.45) is 7.78. The summed E-state index contributed by atoms with van der Waals surface area (Å²) in [4.78, 5) is 13.2. The van der Waals surface area contributed by atoms with Crippen molar-refractivity contribution in [2.75, 3.05) is 0 Å². The third-order valence-corrected chi connectivity index (χ3v) is 8.69. The number of carbonyl (C=O) groups excluding carboxylic acids is 1. The fourth-order valence-corrected chi connectivity index (χ4v) is 6.48. The normalized spacial score (nSPS) is 20.4. The molecule has 204 valence electrons. The molecule has 1 amide bonds. The highest BCUT2D eigenvalue weighted by Gasteiger charge is 2.46. The minimum absolute atomic E-state index is 0.0119. The predicted molar refractivity (Wildman–Crippen MR) is 151 cm³/mol. The van der Waals surface area contributed by atoms with Crippen LogP contribution < -0.4 is 5.32 Å². The Kier molecular flexibility index (Phi) is 6.66. The molecule has 0 spiro atoms. The van der Waals surface area contributed by atoms with E-state index in [-0.39, 0.29) is 41.1 Å². The second-order valence-corrected chi connectivity index (χ2v) is 11.2. The lowest BCUT2D eigenvalue weighted by Crippen LogP contribution is -2.35. The van der Waals surface area contributed by atoms with Gasteiger partial charge in [0.2, 0.25) is 5.91 Å². The second-order valence-electron chi connectivity index (χ2n) is 11.2. The van der Waals surface area contributed by atoms with Gasteiger partial charge in [-0.3, -0.25) is 4.79 Å². The Bertz CT molecular complexity index is 1580. The lowest BCUT2D eigenvalue weighted by atomic mass is 9.68. The maximum atomic E-state index is 13.5. The number of aromatic nitrogens is 2. The lowest BCUT2D eigenvalue weighted by molar-refractivity contribution is -0.121. The standard InChI is InChI=1S/C33H32FN3O3/c1-33-19-23-20-35-37(27-11-9-26(34)10-12-27)30(23)18-25(33)8-7-24(33)17-29(21-5-3-2-4-6-21)36-32(40)16-22-15-28(38)13-14-31(22)39/h2-6,9-15,18,20,24,29,38-39H,7-8,16-17,19H2,1H3,(H,36,40).